The summed E-state index contributed by atoms with van der Waals surface area (Å²) in [6.07, 6.45) is 3.49. The minimum atomic E-state index is -0.245. The molecule has 1 aliphatic rings. The van der Waals surface area contributed by atoms with E-state index in [1.165, 1.54) is 0 Å². The highest BCUT2D eigenvalue weighted by Crippen LogP contribution is 2.21. The summed E-state index contributed by atoms with van der Waals surface area (Å²) in [6.45, 7) is 7.77. The van der Waals surface area contributed by atoms with Gasteiger partial charge in [0, 0.05) is 11.5 Å². The summed E-state index contributed by atoms with van der Waals surface area (Å²) in [5, 5.41) is 0. The molecule has 0 aliphatic carbocycles. The van der Waals surface area contributed by atoms with E-state index in [0.29, 0.717) is 18.1 Å². The third-order valence-corrected chi connectivity index (χ3v) is 1.77. The lowest BCUT2D eigenvalue weighted by atomic mass is 9.96. The van der Waals surface area contributed by atoms with Gasteiger partial charge in [0.05, 0.1) is 6.61 Å². The van der Waals surface area contributed by atoms with Crippen LogP contribution in [-0.4, -0.2) is 12.6 Å². The molecule has 60 valence electrons. The first kappa shape index (κ1) is 8.05. The molecule has 0 N–H and O–H groups in total. The summed E-state index contributed by atoms with van der Waals surface area (Å²) in [6, 6.07) is 0. The van der Waals surface area contributed by atoms with Gasteiger partial charge in [-0.2, -0.15) is 0 Å². The van der Waals surface area contributed by atoms with Crippen molar-refractivity contribution in [2.75, 3.05) is 6.61 Å². The Kier molecular flexibility index (Phi) is 2.47. The summed E-state index contributed by atoms with van der Waals surface area (Å²) in [5.74, 6) is 0.156. The summed E-state index contributed by atoms with van der Waals surface area (Å²) in [5.41, 5.74) is 0.586. The van der Waals surface area contributed by atoms with Crippen LogP contribution >= 0.6 is 0 Å². The lowest BCUT2D eigenvalue weighted by Gasteiger charge is -2.21. The first-order chi connectivity index (χ1) is 5.24. The zero-order valence-corrected chi connectivity index (χ0v) is 6.51. The lowest BCUT2D eigenvalue weighted by Crippen LogP contribution is -2.23. The van der Waals surface area contributed by atoms with Crippen LogP contribution in [0.15, 0.2) is 24.8 Å². The first-order valence-electron chi connectivity index (χ1n) is 3.70. The van der Waals surface area contributed by atoms with Crippen LogP contribution in [0.4, 0.5) is 0 Å². The number of hydrogen-bond acceptors (Lipinski definition) is 2. The van der Waals surface area contributed by atoms with E-state index in [9.17, 15) is 4.79 Å². The summed E-state index contributed by atoms with van der Waals surface area (Å²) >= 11 is 0. The number of ether oxygens (including phenoxy) is 1. The Labute approximate surface area is 66.5 Å². The second kappa shape index (κ2) is 3.37. The van der Waals surface area contributed by atoms with Crippen molar-refractivity contribution in [3.8, 4) is 0 Å². The van der Waals surface area contributed by atoms with Gasteiger partial charge >= 0.3 is 5.97 Å². The van der Waals surface area contributed by atoms with Crippen molar-refractivity contribution in [1.82, 2.24) is 0 Å². The number of esters is 1. The maximum atomic E-state index is 10.8. The molecule has 0 amide bonds. The van der Waals surface area contributed by atoms with Crippen LogP contribution in [0.3, 0.4) is 0 Å². The van der Waals surface area contributed by atoms with Crippen molar-refractivity contribution < 1.29 is 9.53 Å². The fraction of sp³-hybridized carbons (Fsp3) is 0.444. The van der Waals surface area contributed by atoms with Gasteiger partial charge in [0.2, 0.25) is 0 Å². The number of allylic oxidation sites excluding steroid dienone is 1. The van der Waals surface area contributed by atoms with Gasteiger partial charge in [0.1, 0.15) is 0 Å². The second-order valence-corrected chi connectivity index (χ2v) is 2.80. The monoisotopic (exact) mass is 152 g/mol. The second-order valence-electron chi connectivity index (χ2n) is 2.80. The number of rotatable bonds is 2. The summed E-state index contributed by atoms with van der Waals surface area (Å²) < 4.78 is 4.87. The van der Waals surface area contributed by atoms with Gasteiger partial charge in [-0.15, -0.1) is 6.58 Å². The van der Waals surface area contributed by atoms with E-state index in [2.05, 4.69) is 13.2 Å². The predicted octanol–water partition coefficient (Wildman–Crippen LogP) is 1.68. The first-order valence-corrected chi connectivity index (χ1v) is 3.70. The lowest BCUT2D eigenvalue weighted by molar-refractivity contribution is -0.143. The average Bonchev–Trinajstić information content (AvgIpc) is 1.98. The fourth-order valence-electron chi connectivity index (χ4n) is 1.17. The molecule has 0 unspecified atom stereocenters. The van der Waals surface area contributed by atoms with Gasteiger partial charge in [-0.1, -0.05) is 12.7 Å². The largest absolute Gasteiger partial charge is 0.462 e. The zero-order chi connectivity index (χ0) is 8.27. The molecule has 1 aliphatic heterocycles. The molecule has 1 saturated heterocycles. The molecule has 1 fully saturated rings. The van der Waals surface area contributed by atoms with E-state index in [1.807, 2.05) is 6.08 Å². The minimum Gasteiger partial charge on any atom is -0.462 e. The molecule has 2 heteroatoms. The van der Waals surface area contributed by atoms with E-state index >= 15 is 0 Å². The van der Waals surface area contributed by atoms with E-state index in [4.69, 9.17) is 4.74 Å². The van der Waals surface area contributed by atoms with Gasteiger partial charge in [-0.3, -0.25) is 0 Å². The molecule has 0 aromatic rings. The average molecular weight is 152 g/mol. The fourth-order valence-corrected chi connectivity index (χ4v) is 1.17. The Morgan fingerprint density at radius 2 is 2.45 bits per heavy atom. The molecule has 1 rings (SSSR count). The Hall–Kier alpha value is -1.05. The molecule has 11 heavy (non-hydrogen) atoms. The highest BCUT2D eigenvalue weighted by molar-refractivity contribution is 5.88. The molecule has 2 nitrogen and oxygen atoms in total. The van der Waals surface area contributed by atoms with Crippen LogP contribution in [0.2, 0.25) is 0 Å². The van der Waals surface area contributed by atoms with Crippen LogP contribution in [-0.2, 0) is 9.53 Å². The number of cyclic esters (lactones) is 1. The SMILES string of the molecule is C=CC[C@H]1COC(=O)C(=C)C1. The molecule has 0 saturated carbocycles. The Bertz CT molecular complexity index is 194. The quantitative estimate of drug-likeness (QED) is 0.342. The standard InChI is InChI=1S/C9H12O2/c1-3-4-8-5-7(2)9(10)11-6-8/h3,8H,1-2,4-6H2/t8-/m1/s1. The zero-order valence-electron chi connectivity index (χ0n) is 6.51. The smallest absolute Gasteiger partial charge is 0.333 e. The number of carbonyl (C=O) groups excluding carboxylic acids is 1. The predicted molar refractivity (Wildman–Crippen MR) is 43.0 cm³/mol. The maximum Gasteiger partial charge on any atom is 0.333 e. The van der Waals surface area contributed by atoms with Gasteiger partial charge in [-0.05, 0) is 12.8 Å². The molecule has 0 spiro atoms. The normalized spacial score (nSPS) is 24.5. The van der Waals surface area contributed by atoms with E-state index in [1.54, 1.807) is 0 Å². The van der Waals surface area contributed by atoms with Crippen molar-refractivity contribution in [1.29, 1.82) is 0 Å². The minimum absolute atomic E-state index is 0.245. The van der Waals surface area contributed by atoms with Crippen LogP contribution in [0.1, 0.15) is 12.8 Å². The van der Waals surface area contributed by atoms with Crippen molar-refractivity contribution in [3.63, 3.8) is 0 Å². The van der Waals surface area contributed by atoms with Crippen molar-refractivity contribution >= 4 is 5.97 Å². The molecular formula is C9H12O2. The summed E-state index contributed by atoms with van der Waals surface area (Å²) in [7, 11) is 0. The number of carbonyl (C=O) groups is 1. The van der Waals surface area contributed by atoms with Gasteiger partial charge in [0.25, 0.3) is 0 Å². The van der Waals surface area contributed by atoms with Gasteiger partial charge in [-0.25, -0.2) is 4.79 Å². The molecule has 0 radical (unpaired) electrons. The molecule has 0 bridgehead atoms. The van der Waals surface area contributed by atoms with Crippen molar-refractivity contribution in [2.24, 2.45) is 5.92 Å². The van der Waals surface area contributed by atoms with Crippen molar-refractivity contribution in [2.45, 2.75) is 12.8 Å². The Morgan fingerprint density at radius 1 is 1.73 bits per heavy atom. The number of hydrogen-bond donors (Lipinski definition) is 0. The van der Waals surface area contributed by atoms with Crippen LogP contribution < -0.4 is 0 Å². The highest BCUT2D eigenvalue weighted by atomic mass is 16.5. The molecular weight excluding hydrogens is 140 g/mol. The highest BCUT2D eigenvalue weighted by Gasteiger charge is 2.21. The van der Waals surface area contributed by atoms with Crippen LogP contribution in [0, 0.1) is 5.92 Å². The van der Waals surface area contributed by atoms with E-state index in [-0.39, 0.29) is 5.97 Å². The topological polar surface area (TPSA) is 26.3 Å². The van der Waals surface area contributed by atoms with E-state index in [0.717, 1.165) is 12.8 Å². The Morgan fingerprint density at radius 3 is 3.00 bits per heavy atom. The Balaban J connectivity index is 2.45. The third kappa shape index (κ3) is 1.93. The van der Waals surface area contributed by atoms with Gasteiger partial charge in [0.15, 0.2) is 0 Å². The molecule has 1 atom stereocenters. The van der Waals surface area contributed by atoms with Crippen LogP contribution in [0.5, 0.6) is 0 Å². The van der Waals surface area contributed by atoms with E-state index < -0.39 is 0 Å². The molecule has 1 heterocycles. The maximum absolute atomic E-state index is 10.8. The third-order valence-electron chi connectivity index (χ3n) is 1.77. The van der Waals surface area contributed by atoms with Crippen molar-refractivity contribution in [3.05, 3.63) is 24.8 Å². The molecule has 0 aromatic carbocycles. The molecule has 0 aromatic heterocycles. The summed E-state index contributed by atoms with van der Waals surface area (Å²) in [4.78, 5) is 10.8. The van der Waals surface area contributed by atoms with Crippen LogP contribution in [0.25, 0.3) is 0 Å². The van der Waals surface area contributed by atoms with Gasteiger partial charge < -0.3 is 4.74 Å².